The number of hydrogen-bond donors (Lipinski definition) is 6. The van der Waals surface area contributed by atoms with E-state index in [2.05, 4.69) is 15.5 Å². The minimum atomic E-state index is -4.63. The standard InChI is InChI=1S/C13H10Cl2F3N3O3.C10H5Cl2F3N4O2.C3H8NO5P/c1-5-19-21(13(24)20(5)12(17)18)10-3-6(2-8(15)11(22)23)7(14)4-9(10)16;11-5-1-4(10(13,14)15)2-6(12)8(5)18-9(16)7(3-17-18)19(20)21;5-3(6)1-4-2-10(7,8)9/h3-4,8,12H,2H2,1H3,(H,22,23);1-3H,16H2;4H,1-2H2,(H,5,6)(H2,7,8,9). The Kier molecular flexibility index (Phi) is 16.1. The van der Waals surface area contributed by atoms with Crippen molar-refractivity contribution in [2.24, 2.45) is 0 Å². The van der Waals surface area contributed by atoms with Crippen LogP contribution in [0, 0.1) is 22.9 Å². The third-order valence-corrected chi connectivity index (χ3v) is 8.22. The Bertz CT molecular complexity index is 2160. The minimum Gasteiger partial charge on any atom is -0.480 e. The molecule has 0 aliphatic rings. The lowest BCUT2D eigenvalue weighted by atomic mass is 10.1. The van der Waals surface area contributed by atoms with Gasteiger partial charge in [-0.05, 0) is 36.8 Å². The zero-order valence-corrected chi connectivity index (χ0v) is 30.8. The lowest BCUT2D eigenvalue weighted by molar-refractivity contribution is -0.383. The molecule has 0 aliphatic heterocycles. The van der Waals surface area contributed by atoms with Crippen molar-refractivity contribution in [3.63, 3.8) is 0 Å². The Morgan fingerprint density at radius 2 is 1.64 bits per heavy atom. The molecule has 29 heteroatoms. The number of rotatable bonds is 11. The maximum atomic E-state index is 14.1. The summed E-state index contributed by atoms with van der Waals surface area (Å²) in [7, 11) is -4.10. The van der Waals surface area contributed by atoms with E-state index in [1.54, 1.807) is 0 Å². The number of alkyl halides is 6. The molecule has 55 heavy (non-hydrogen) atoms. The number of hydrogen-bond acceptors (Lipinski definition) is 10. The topological polar surface area (TPSA) is 271 Å². The highest BCUT2D eigenvalue weighted by Gasteiger charge is 2.33. The Labute approximate surface area is 321 Å². The normalized spacial score (nSPS) is 12.0. The fraction of sp³-hybridized carbons (Fsp3) is 0.269. The van der Waals surface area contributed by atoms with Gasteiger partial charge in [0.05, 0.1) is 33.4 Å². The summed E-state index contributed by atoms with van der Waals surface area (Å²) in [4.78, 5) is 58.8. The third-order valence-electron chi connectivity index (χ3n) is 6.32. The molecule has 1 atom stereocenters. The molecule has 0 amide bonds. The number of aryl methyl sites for hydroxylation is 1. The van der Waals surface area contributed by atoms with Gasteiger partial charge in [-0.2, -0.15) is 31.7 Å². The van der Waals surface area contributed by atoms with Crippen molar-refractivity contribution in [2.75, 3.05) is 18.6 Å². The molecule has 1 unspecified atom stereocenters. The average Bonchev–Trinajstić information content (AvgIpc) is 3.55. The van der Waals surface area contributed by atoms with Gasteiger partial charge in [-0.25, -0.2) is 18.4 Å². The first kappa shape index (κ1) is 46.7. The van der Waals surface area contributed by atoms with Crippen LogP contribution in [-0.2, 0) is 26.8 Å². The molecule has 2 aromatic carbocycles. The highest BCUT2D eigenvalue weighted by atomic mass is 35.5. The van der Waals surface area contributed by atoms with E-state index in [1.807, 2.05) is 0 Å². The van der Waals surface area contributed by atoms with E-state index in [9.17, 15) is 55.4 Å². The molecule has 0 fully saturated rings. The summed E-state index contributed by atoms with van der Waals surface area (Å²) >= 11 is 23.0. The number of carboxylic acid groups (broad SMARTS) is 2. The van der Waals surface area contributed by atoms with Crippen LogP contribution in [0.5, 0.6) is 0 Å². The predicted molar refractivity (Wildman–Crippen MR) is 182 cm³/mol. The molecule has 0 bridgehead atoms. The predicted octanol–water partition coefficient (Wildman–Crippen LogP) is 5.25. The molecular formula is C26H23Cl4F6N8O10P. The number of nitrogens with two attached hydrogens (primary N) is 1. The molecule has 0 aliphatic carbocycles. The number of nitrogens with one attached hydrogen (secondary N) is 1. The highest BCUT2D eigenvalue weighted by molar-refractivity contribution is 7.51. The first-order chi connectivity index (χ1) is 25.2. The van der Waals surface area contributed by atoms with Gasteiger partial charge in [0.15, 0.2) is 5.82 Å². The molecule has 0 spiro atoms. The quantitative estimate of drug-likeness (QED) is 0.0369. The van der Waals surface area contributed by atoms with Crippen LogP contribution in [0.4, 0.5) is 37.8 Å². The Hall–Kier alpha value is -4.42. The summed E-state index contributed by atoms with van der Waals surface area (Å²) in [5.74, 6) is -4.15. The summed E-state index contributed by atoms with van der Waals surface area (Å²) in [6.45, 7) is -2.41. The van der Waals surface area contributed by atoms with Crippen LogP contribution in [0.25, 0.3) is 11.4 Å². The van der Waals surface area contributed by atoms with Gasteiger partial charge in [-0.15, -0.1) is 16.7 Å². The number of nitrogens with zero attached hydrogens (tertiary/aromatic N) is 6. The molecule has 7 N–H and O–H groups in total. The lowest BCUT2D eigenvalue weighted by Gasteiger charge is -2.12. The maximum Gasteiger partial charge on any atom is 0.416 e. The number of aromatic nitrogens is 5. The van der Waals surface area contributed by atoms with E-state index in [4.69, 9.17) is 72.1 Å². The summed E-state index contributed by atoms with van der Waals surface area (Å²) < 4.78 is 89.0. The second kappa shape index (κ2) is 18.9. The SMILES string of the molecule is Cc1nn(-c2cc(CC(Cl)C(=O)O)c(Cl)cc2F)c(=O)n1C(F)F.Nc1c([N+](=O)[O-])cnn1-c1c(Cl)cc(C(F)(F)F)cc1Cl.O=C(O)CNCP(=O)(O)O. The van der Waals surface area contributed by atoms with Crippen LogP contribution in [0.2, 0.25) is 15.1 Å². The van der Waals surface area contributed by atoms with E-state index >= 15 is 0 Å². The number of nitro groups is 1. The first-order valence-electron chi connectivity index (χ1n) is 14.0. The van der Waals surface area contributed by atoms with Crippen LogP contribution >= 0.6 is 54.0 Å². The number of anilines is 1. The van der Waals surface area contributed by atoms with Gasteiger partial charge >= 0.3 is 43.6 Å². The Balaban J connectivity index is 0.000000309. The fourth-order valence-corrected chi connectivity index (χ4v) is 5.39. The largest absolute Gasteiger partial charge is 0.480 e. The van der Waals surface area contributed by atoms with Gasteiger partial charge in [-0.3, -0.25) is 29.6 Å². The molecule has 0 radical (unpaired) electrons. The molecule has 2 aromatic heterocycles. The van der Waals surface area contributed by atoms with Crippen LogP contribution in [0.3, 0.4) is 0 Å². The highest BCUT2D eigenvalue weighted by Crippen LogP contribution is 2.39. The summed E-state index contributed by atoms with van der Waals surface area (Å²) in [5, 5.41) is 34.6. The monoisotopic (exact) mass is 892 g/mol. The molecule has 2 heterocycles. The Morgan fingerprint density at radius 1 is 1.07 bits per heavy atom. The molecule has 18 nitrogen and oxygen atoms in total. The maximum absolute atomic E-state index is 14.1. The van der Waals surface area contributed by atoms with Gasteiger partial charge in [0, 0.05) is 11.4 Å². The second-order valence-corrected chi connectivity index (χ2v) is 13.7. The van der Waals surface area contributed by atoms with E-state index in [1.165, 1.54) is 0 Å². The van der Waals surface area contributed by atoms with Crippen molar-refractivity contribution in [1.82, 2.24) is 29.4 Å². The van der Waals surface area contributed by atoms with E-state index < -0.39 is 89.7 Å². The lowest BCUT2D eigenvalue weighted by Crippen LogP contribution is -2.25. The summed E-state index contributed by atoms with van der Waals surface area (Å²) in [6, 6.07) is 3.16. The second-order valence-electron chi connectivity index (χ2n) is 10.3. The number of nitrogen functional groups attached to an aromatic ring is 1. The van der Waals surface area contributed by atoms with Gasteiger partial charge < -0.3 is 25.7 Å². The molecular weight excluding hydrogens is 871 g/mol. The molecule has 4 rings (SSSR count). The molecule has 0 saturated heterocycles. The van der Waals surface area contributed by atoms with Gasteiger partial charge in [0.1, 0.15) is 28.8 Å². The molecule has 4 aromatic rings. The summed E-state index contributed by atoms with van der Waals surface area (Å²) in [5.41, 5.74) is 2.24. The van der Waals surface area contributed by atoms with Gasteiger partial charge in [-0.1, -0.05) is 34.8 Å². The number of aliphatic carboxylic acids is 2. The van der Waals surface area contributed by atoms with Crippen molar-refractivity contribution >= 4 is 77.4 Å². The smallest absolute Gasteiger partial charge is 0.416 e. The van der Waals surface area contributed by atoms with Crippen molar-refractivity contribution in [1.29, 1.82) is 0 Å². The number of benzene rings is 2. The zero-order chi connectivity index (χ0) is 42.3. The Morgan fingerprint density at radius 3 is 2.05 bits per heavy atom. The number of halogens is 10. The molecule has 302 valence electrons. The van der Waals surface area contributed by atoms with E-state index in [0.29, 0.717) is 16.8 Å². The van der Waals surface area contributed by atoms with Crippen molar-refractivity contribution < 1.29 is 65.4 Å². The van der Waals surface area contributed by atoms with Crippen molar-refractivity contribution in [3.8, 4) is 11.4 Å². The van der Waals surface area contributed by atoms with Crippen LogP contribution in [-0.4, -0.2) is 79.2 Å². The van der Waals surface area contributed by atoms with E-state index in [0.717, 1.165) is 29.9 Å². The average molecular weight is 894 g/mol. The number of carbonyl (C=O) groups is 2. The van der Waals surface area contributed by atoms with Crippen molar-refractivity contribution in [2.45, 2.75) is 31.4 Å². The zero-order valence-electron chi connectivity index (χ0n) is 26.9. The first-order valence-corrected chi connectivity index (χ1v) is 17.4. The van der Waals surface area contributed by atoms with Crippen LogP contribution < -0.4 is 16.7 Å². The summed E-state index contributed by atoms with van der Waals surface area (Å²) in [6.07, 6.45) is -4.64. The third kappa shape index (κ3) is 12.8. The van der Waals surface area contributed by atoms with Crippen molar-refractivity contribution in [3.05, 3.63) is 88.9 Å². The van der Waals surface area contributed by atoms with Crippen LogP contribution in [0.1, 0.15) is 23.5 Å². The molecule has 0 saturated carbocycles. The number of carboxylic acids is 2. The minimum absolute atomic E-state index is 0.0926. The van der Waals surface area contributed by atoms with Gasteiger partial charge in [0.2, 0.25) is 5.82 Å². The van der Waals surface area contributed by atoms with E-state index in [-0.39, 0.29) is 43.1 Å². The van der Waals surface area contributed by atoms with Crippen LogP contribution in [0.15, 0.2) is 35.3 Å². The van der Waals surface area contributed by atoms with Gasteiger partial charge in [0.25, 0.3) is 0 Å². The fourth-order valence-electron chi connectivity index (χ4n) is 3.95.